The highest BCUT2D eigenvalue weighted by molar-refractivity contribution is 6.13. The van der Waals surface area contributed by atoms with Crippen molar-refractivity contribution in [3.8, 4) is 23.0 Å². The molecule has 0 aromatic heterocycles. The maximum atomic E-state index is 12.3. The highest BCUT2D eigenvalue weighted by Gasteiger charge is 2.26. The summed E-state index contributed by atoms with van der Waals surface area (Å²) < 4.78 is 26.9. The third kappa shape index (κ3) is 3.78. The van der Waals surface area contributed by atoms with Crippen molar-refractivity contribution in [1.29, 1.82) is 0 Å². The standard InChI is InChI=1S/C21H21NO6/c1-5-27-16-9-7-6-8-13(16)10-15-21(23)28-20(22-15)14-11-17(24-2)19(26-4)18(12-14)25-3/h6-12H,5H2,1-4H3. The van der Waals surface area contributed by atoms with Gasteiger partial charge in [-0.3, -0.25) is 0 Å². The van der Waals surface area contributed by atoms with Gasteiger partial charge < -0.3 is 23.7 Å². The SMILES string of the molecule is CCOc1ccccc1C=C1N=C(c2cc(OC)c(OC)c(OC)c2)OC1=O. The molecule has 7 heteroatoms. The van der Waals surface area contributed by atoms with Crippen LogP contribution >= 0.6 is 0 Å². The second kappa shape index (κ2) is 8.47. The number of cyclic esters (lactones) is 1. The molecule has 0 saturated heterocycles. The monoisotopic (exact) mass is 383 g/mol. The van der Waals surface area contributed by atoms with Crippen molar-refractivity contribution in [2.75, 3.05) is 27.9 Å². The van der Waals surface area contributed by atoms with Crippen LogP contribution in [0.5, 0.6) is 23.0 Å². The van der Waals surface area contributed by atoms with Crippen LogP contribution in [0.25, 0.3) is 6.08 Å². The number of carbonyl (C=O) groups is 1. The number of benzene rings is 2. The van der Waals surface area contributed by atoms with Crippen LogP contribution in [0.2, 0.25) is 0 Å². The minimum Gasteiger partial charge on any atom is -0.493 e. The van der Waals surface area contributed by atoms with Crippen molar-refractivity contribution in [1.82, 2.24) is 0 Å². The van der Waals surface area contributed by atoms with Gasteiger partial charge in [0.1, 0.15) is 5.75 Å². The maximum absolute atomic E-state index is 12.3. The number of esters is 1. The maximum Gasteiger partial charge on any atom is 0.363 e. The summed E-state index contributed by atoms with van der Waals surface area (Å²) in [7, 11) is 4.54. The summed E-state index contributed by atoms with van der Waals surface area (Å²) in [6, 6.07) is 10.7. The topological polar surface area (TPSA) is 75.6 Å². The zero-order chi connectivity index (χ0) is 20.1. The van der Waals surface area contributed by atoms with E-state index >= 15 is 0 Å². The molecule has 0 atom stereocenters. The Morgan fingerprint density at radius 1 is 1.00 bits per heavy atom. The summed E-state index contributed by atoms with van der Waals surface area (Å²) in [6.07, 6.45) is 1.64. The third-order valence-corrected chi connectivity index (χ3v) is 4.04. The van der Waals surface area contributed by atoms with Gasteiger partial charge in [-0.25, -0.2) is 9.79 Å². The van der Waals surface area contributed by atoms with Crippen molar-refractivity contribution >= 4 is 17.9 Å². The van der Waals surface area contributed by atoms with Crippen LogP contribution in [0.1, 0.15) is 18.1 Å². The molecule has 1 aliphatic heterocycles. The largest absolute Gasteiger partial charge is 0.493 e. The molecule has 0 radical (unpaired) electrons. The van der Waals surface area contributed by atoms with Crippen LogP contribution in [0.3, 0.4) is 0 Å². The molecule has 2 aromatic rings. The normalized spacial score (nSPS) is 14.5. The molecule has 28 heavy (non-hydrogen) atoms. The first-order valence-corrected chi connectivity index (χ1v) is 8.66. The fourth-order valence-corrected chi connectivity index (χ4v) is 2.77. The van der Waals surface area contributed by atoms with Crippen LogP contribution in [0, 0.1) is 0 Å². The molecule has 3 rings (SSSR count). The minimum absolute atomic E-state index is 0.157. The van der Waals surface area contributed by atoms with Crippen molar-refractivity contribution in [3.05, 3.63) is 53.2 Å². The molecule has 0 spiro atoms. The molecule has 0 aliphatic carbocycles. The number of para-hydroxylation sites is 1. The van der Waals surface area contributed by atoms with E-state index in [0.717, 1.165) is 5.56 Å². The van der Waals surface area contributed by atoms with Gasteiger partial charge in [0.25, 0.3) is 0 Å². The smallest absolute Gasteiger partial charge is 0.363 e. The van der Waals surface area contributed by atoms with Gasteiger partial charge in [0, 0.05) is 11.1 Å². The van der Waals surface area contributed by atoms with Crippen molar-refractivity contribution in [2.45, 2.75) is 6.92 Å². The van der Waals surface area contributed by atoms with E-state index in [1.54, 1.807) is 18.2 Å². The van der Waals surface area contributed by atoms with E-state index in [-0.39, 0.29) is 11.6 Å². The van der Waals surface area contributed by atoms with Crippen LogP contribution < -0.4 is 18.9 Å². The molecule has 0 saturated carbocycles. The first-order valence-electron chi connectivity index (χ1n) is 8.66. The van der Waals surface area contributed by atoms with E-state index in [1.165, 1.54) is 21.3 Å². The molecule has 0 bridgehead atoms. The van der Waals surface area contributed by atoms with Crippen LogP contribution in [0.4, 0.5) is 0 Å². The molecule has 1 heterocycles. The Hall–Kier alpha value is -3.48. The van der Waals surface area contributed by atoms with Crippen molar-refractivity contribution < 1.29 is 28.5 Å². The Morgan fingerprint density at radius 2 is 1.68 bits per heavy atom. The molecule has 0 N–H and O–H groups in total. The minimum atomic E-state index is -0.546. The summed E-state index contributed by atoms with van der Waals surface area (Å²) in [5.41, 5.74) is 1.45. The zero-order valence-corrected chi connectivity index (χ0v) is 16.1. The summed E-state index contributed by atoms with van der Waals surface area (Å²) in [6.45, 7) is 2.42. The second-order valence-corrected chi connectivity index (χ2v) is 5.72. The average molecular weight is 383 g/mol. The van der Waals surface area contributed by atoms with Crippen molar-refractivity contribution in [3.63, 3.8) is 0 Å². The highest BCUT2D eigenvalue weighted by atomic mass is 16.6. The first kappa shape index (κ1) is 19.3. The number of carbonyl (C=O) groups excluding carboxylic acids is 1. The Labute approximate surface area is 163 Å². The Kier molecular flexibility index (Phi) is 5.84. The van der Waals surface area contributed by atoms with Crippen LogP contribution in [-0.4, -0.2) is 39.8 Å². The van der Waals surface area contributed by atoms with Crippen molar-refractivity contribution in [2.24, 2.45) is 4.99 Å². The van der Waals surface area contributed by atoms with Gasteiger partial charge in [0.2, 0.25) is 11.6 Å². The molecule has 146 valence electrons. The van der Waals surface area contributed by atoms with Gasteiger partial charge in [0.15, 0.2) is 17.2 Å². The van der Waals surface area contributed by atoms with E-state index in [0.29, 0.717) is 35.2 Å². The number of hydrogen-bond acceptors (Lipinski definition) is 7. The highest BCUT2D eigenvalue weighted by Crippen LogP contribution is 2.39. The number of methoxy groups -OCH3 is 3. The molecule has 1 aliphatic rings. The molecule has 7 nitrogen and oxygen atoms in total. The molecule has 0 fully saturated rings. The predicted molar refractivity (Wildman–Crippen MR) is 104 cm³/mol. The van der Waals surface area contributed by atoms with Gasteiger partial charge >= 0.3 is 5.97 Å². The van der Waals surface area contributed by atoms with E-state index in [9.17, 15) is 4.79 Å². The molecular weight excluding hydrogens is 362 g/mol. The number of nitrogens with zero attached hydrogens (tertiary/aromatic N) is 1. The lowest BCUT2D eigenvalue weighted by Crippen LogP contribution is -2.07. The molecular formula is C21H21NO6. The predicted octanol–water partition coefficient (Wildman–Crippen LogP) is 3.46. The lowest BCUT2D eigenvalue weighted by molar-refractivity contribution is -0.129. The van der Waals surface area contributed by atoms with Gasteiger partial charge in [-0.1, -0.05) is 18.2 Å². The summed E-state index contributed by atoms with van der Waals surface area (Å²) in [4.78, 5) is 16.7. The number of rotatable bonds is 7. The number of aliphatic imine (C=N–C) groups is 1. The Balaban J connectivity index is 2.01. The Bertz CT molecular complexity index is 923. The summed E-state index contributed by atoms with van der Waals surface area (Å²) >= 11 is 0. The van der Waals surface area contributed by atoms with Gasteiger partial charge in [0.05, 0.1) is 27.9 Å². The summed E-state index contributed by atoms with van der Waals surface area (Å²) in [5, 5.41) is 0. The van der Waals surface area contributed by atoms with Gasteiger partial charge in [-0.15, -0.1) is 0 Å². The van der Waals surface area contributed by atoms with Crippen LogP contribution in [0.15, 0.2) is 47.1 Å². The fourth-order valence-electron chi connectivity index (χ4n) is 2.77. The lowest BCUT2D eigenvalue weighted by Gasteiger charge is -2.13. The second-order valence-electron chi connectivity index (χ2n) is 5.72. The number of hydrogen-bond donors (Lipinski definition) is 0. The van der Waals surface area contributed by atoms with Gasteiger partial charge in [-0.2, -0.15) is 0 Å². The Morgan fingerprint density at radius 3 is 2.29 bits per heavy atom. The third-order valence-electron chi connectivity index (χ3n) is 4.04. The molecule has 0 amide bonds. The van der Waals surface area contributed by atoms with Gasteiger partial charge in [-0.05, 0) is 31.2 Å². The summed E-state index contributed by atoms with van der Waals surface area (Å²) in [5.74, 6) is 1.60. The fraction of sp³-hybridized carbons (Fsp3) is 0.238. The first-order chi connectivity index (χ1) is 13.6. The van der Waals surface area contributed by atoms with E-state index in [1.807, 2.05) is 31.2 Å². The molecule has 0 unspecified atom stereocenters. The lowest BCUT2D eigenvalue weighted by atomic mass is 10.1. The van der Waals surface area contributed by atoms with E-state index in [4.69, 9.17) is 23.7 Å². The quantitative estimate of drug-likeness (QED) is 0.538. The number of ether oxygens (including phenoxy) is 5. The van der Waals surface area contributed by atoms with E-state index in [2.05, 4.69) is 4.99 Å². The van der Waals surface area contributed by atoms with E-state index < -0.39 is 5.97 Å². The average Bonchev–Trinajstić information content (AvgIpc) is 3.08. The van der Waals surface area contributed by atoms with Crippen LogP contribution in [-0.2, 0) is 9.53 Å². The zero-order valence-electron chi connectivity index (χ0n) is 16.1. The molecule has 2 aromatic carbocycles.